The molecule has 3 nitrogen and oxygen atoms in total. The second-order valence-electron chi connectivity index (χ2n) is 5.61. The number of rotatable bonds is 3. The third kappa shape index (κ3) is 2.73. The fourth-order valence-electron chi connectivity index (χ4n) is 2.74. The standard InChI is InChI=1S/C15H20ClNO2/c16-13-9-11(15(17)6-2-7-15)4-5-14(13)19-12-3-1-8-18-10-12/h4-5,9,12H,1-3,6-8,10,17H2. The average molecular weight is 282 g/mol. The van der Waals surface area contributed by atoms with Crippen molar-refractivity contribution in [3.63, 3.8) is 0 Å². The van der Waals surface area contributed by atoms with Crippen LogP contribution in [0.15, 0.2) is 18.2 Å². The summed E-state index contributed by atoms with van der Waals surface area (Å²) in [4.78, 5) is 0. The van der Waals surface area contributed by atoms with Gasteiger partial charge in [0.2, 0.25) is 0 Å². The quantitative estimate of drug-likeness (QED) is 0.925. The normalized spacial score (nSPS) is 25.7. The predicted molar refractivity (Wildman–Crippen MR) is 75.6 cm³/mol. The van der Waals surface area contributed by atoms with Crippen LogP contribution in [-0.2, 0) is 10.3 Å². The van der Waals surface area contributed by atoms with Crippen LogP contribution in [0.4, 0.5) is 0 Å². The highest BCUT2D eigenvalue weighted by Crippen LogP contribution is 2.41. The van der Waals surface area contributed by atoms with Crippen molar-refractivity contribution in [1.82, 2.24) is 0 Å². The Labute approximate surface area is 119 Å². The van der Waals surface area contributed by atoms with Crippen molar-refractivity contribution < 1.29 is 9.47 Å². The highest BCUT2D eigenvalue weighted by molar-refractivity contribution is 6.32. The van der Waals surface area contributed by atoms with Gasteiger partial charge in [0.05, 0.1) is 11.6 Å². The van der Waals surface area contributed by atoms with Crippen LogP contribution in [0.5, 0.6) is 5.75 Å². The highest BCUT2D eigenvalue weighted by atomic mass is 35.5. The first-order valence-electron chi connectivity index (χ1n) is 7.01. The predicted octanol–water partition coefficient (Wildman–Crippen LogP) is 3.24. The number of benzene rings is 1. The Morgan fingerprint density at radius 3 is 2.74 bits per heavy atom. The number of halogens is 1. The first kappa shape index (κ1) is 13.2. The molecule has 1 aromatic rings. The first-order valence-corrected chi connectivity index (χ1v) is 7.38. The van der Waals surface area contributed by atoms with Gasteiger partial charge in [-0.15, -0.1) is 0 Å². The maximum atomic E-state index is 6.31. The van der Waals surface area contributed by atoms with E-state index in [1.807, 2.05) is 18.2 Å². The summed E-state index contributed by atoms with van der Waals surface area (Å²) in [5.74, 6) is 0.740. The lowest BCUT2D eigenvalue weighted by molar-refractivity contribution is 0.00745. The maximum Gasteiger partial charge on any atom is 0.138 e. The molecular weight excluding hydrogens is 262 g/mol. The van der Waals surface area contributed by atoms with Gasteiger partial charge in [0.15, 0.2) is 0 Å². The van der Waals surface area contributed by atoms with Crippen LogP contribution in [0.2, 0.25) is 5.02 Å². The van der Waals surface area contributed by atoms with Crippen molar-refractivity contribution in [1.29, 1.82) is 0 Å². The minimum absolute atomic E-state index is 0.118. The molecule has 0 spiro atoms. The zero-order chi connectivity index (χ0) is 13.3. The molecule has 19 heavy (non-hydrogen) atoms. The van der Waals surface area contributed by atoms with Crippen molar-refractivity contribution in [2.45, 2.75) is 43.7 Å². The van der Waals surface area contributed by atoms with Crippen LogP contribution in [0.3, 0.4) is 0 Å². The Balaban J connectivity index is 1.72. The Hall–Kier alpha value is -0.770. The molecule has 1 atom stereocenters. The van der Waals surface area contributed by atoms with Gasteiger partial charge in [0.25, 0.3) is 0 Å². The topological polar surface area (TPSA) is 44.5 Å². The molecule has 0 amide bonds. The van der Waals surface area contributed by atoms with E-state index in [1.54, 1.807) is 0 Å². The van der Waals surface area contributed by atoms with Crippen molar-refractivity contribution >= 4 is 11.6 Å². The van der Waals surface area contributed by atoms with Gasteiger partial charge in [-0.05, 0) is 49.8 Å². The fraction of sp³-hybridized carbons (Fsp3) is 0.600. The summed E-state index contributed by atoms with van der Waals surface area (Å²) in [6.07, 6.45) is 5.48. The van der Waals surface area contributed by atoms with E-state index in [2.05, 4.69) is 0 Å². The lowest BCUT2D eigenvalue weighted by Gasteiger charge is -2.38. The molecular formula is C15H20ClNO2. The second kappa shape index (κ2) is 5.31. The first-order chi connectivity index (χ1) is 9.17. The largest absolute Gasteiger partial charge is 0.486 e. The number of hydrogen-bond donors (Lipinski definition) is 1. The van der Waals surface area contributed by atoms with Gasteiger partial charge in [0.1, 0.15) is 11.9 Å². The molecule has 2 fully saturated rings. The molecule has 1 heterocycles. The molecule has 3 rings (SSSR count). The van der Waals surface area contributed by atoms with E-state index in [0.717, 1.165) is 43.6 Å². The Bertz CT molecular complexity index is 453. The molecule has 1 aliphatic carbocycles. The van der Waals surface area contributed by atoms with Crippen LogP contribution in [-0.4, -0.2) is 19.3 Å². The third-order valence-corrected chi connectivity index (χ3v) is 4.46. The fourth-order valence-corrected chi connectivity index (χ4v) is 2.96. The molecule has 1 saturated heterocycles. The van der Waals surface area contributed by atoms with Crippen LogP contribution in [0, 0.1) is 0 Å². The van der Waals surface area contributed by atoms with E-state index < -0.39 is 0 Å². The summed E-state index contributed by atoms with van der Waals surface area (Å²) < 4.78 is 11.3. The molecule has 4 heteroatoms. The van der Waals surface area contributed by atoms with Gasteiger partial charge in [-0.1, -0.05) is 17.7 Å². The van der Waals surface area contributed by atoms with E-state index in [-0.39, 0.29) is 11.6 Å². The third-order valence-electron chi connectivity index (χ3n) is 4.16. The minimum Gasteiger partial charge on any atom is -0.486 e. The minimum atomic E-state index is -0.171. The Kier molecular flexibility index (Phi) is 3.70. The zero-order valence-electron chi connectivity index (χ0n) is 11.0. The lowest BCUT2D eigenvalue weighted by Crippen LogP contribution is -2.43. The van der Waals surface area contributed by atoms with E-state index in [4.69, 9.17) is 26.8 Å². The van der Waals surface area contributed by atoms with Crippen molar-refractivity contribution in [3.8, 4) is 5.75 Å². The number of nitrogens with two attached hydrogens (primary N) is 1. The molecule has 0 radical (unpaired) electrons. The smallest absolute Gasteiger partial charge is 0.138 e. The maximum absolute atomic E-state index is 6.31. The van der Waals surface area contributed by atoms with Gasteiger partial charge in [-0.3, -0.25) is 0 Å². The van der Waals surface area contributed by atoms with Gasteiger partial charge >= 0.3 is 0 Å². The highest BCUT2D eigenvalue weighted by Gasteiger charge is 2.34. The molecule has 104 valence electrons. The van der Waals surface area contributed by atoms with Crippen LogP contribution >= 0.6 is 11.6 Å². The van der Waals surface area contributed by atoms with Crippen LogP contribution < -0.4 is 10.5 Å². The molecule has 1 aliphatic heterocycles. The van der Waals surface area contributed by atoms with E-state index in [0.29, 0.717) is 11.6 Å². The zero-order valence-corrected chi connectivity index (χ0v) is 11.8. The number of ether oxygens (including phenoxy) is 2. The van der Waals surface area contributed by atoms with Gasteiger partial charge in [-0.25, -0.2) is 0 Å². The van der Waals surface area contributed by atoms with Crippen molar-refractivity contribution in [2.24, 2.45) is 5.73 Å². The molecule has 1 unspecified atom stereocenters. The summed E-state index contributed by atoms with van der Waals surface area (Å²) >= 11 is 6.31. The van der Waals surface area contributed by atoms with Crippen molar-refractivity contribution in [3.05, 3.63) is 28.8 Å². The molecule has 1 aromatic carbocycles. The molecule has 2 aliphatic rings. The summed E-state index contributed by atoms with van der Waals surface area (Å²) in [7, 11) is 0. The Morgan fingerprint density at radius 1 is 1.32 bits per heavy atom. The van der Waals surface area contributed by atoms with Crippen molar-refractivity contribution in [2.75, 3.05) is 13.2 Å². The van der Waals surface area contributed by atoms with Gasteiger partial charge < -0.3 is 15.2 Å². The summed E-state index contributed by atoms with van der Waals surface area (Å²) in [5, 5.41) is 0.653. The van der Waals surface area contributed by atoms with E-state index >= 15 is 0 Å². The molecule has 2 N–H and O–H groups in total. The monoisotopic (exact) mass is 281 g/mol. The average Bonchev–Trinajstić information content (AvgIpc) is 2.39. The van der Waals surface area contributed by atoms with E-state index in [9.17, 15) is 0 Å². The second-order valence-corrected chi connectivity index (χ2v) is 6.02. The summed E-state index contributed by atoms with van der Waals surface area (Å²) in [6, 6.07) is 5.95. The van der Waals surface area contributed by atoms with Crippen LogP contribution in [0.25, 0.3) is 0 Å². The van der Waals surface area contributed by atoms with Gasteiger partial charge in [-0.2, -0.15) is 0 Å². The number of hydrogen-bond acceptors (Lipinski definition) is 3. The molecule has 1 saturated carbocycles. The Morgan fingerprint density at radius 2 is 2.16 bits per heavy atom. The van der Waals surface area contributed by atoms with Gasteiger partial charge in [0, 0.05) is 12.1 Å². The van der Waals surface area contributed by atoms with E-state index in [1.165, 1.54) is 6.42 Å². The SMILES string of the molecule is NC1(c2ccc(OC3CCCOC3)c(Cl)c2)CCC1. The van der Waals surface area contributed by atoms with Crippen LogP contribution in [0.1, 0.15) is 37.7 Å². The molecule has 0 bridgehead atoms. The lowest BCUT2D eigenvalue weighted by atomic mass is 9.73. The summed E-state index contributed by atoms with van der Waals surface area (Å²) in [6.45, 7) is 1.49. The summed E-state index contributed by atoms with van der Waals surface area (Å²) in [5.41, 5.74) is 7.26. The molecule has 0 aromatic heterocycles.